The summed E-state index contributed by atoms with van der Waals surface area (Å²) < 4.78 is 5.42. The number of likely N-dealkylation sites (tertiary alicyclic amines) is 1. The maximum Gasteiger partial charge on any atom is 0.325 e. The van der Waals surface area contributed by atoms with E-state index in [1.54, 1.807) is 0 Å². The molecule has 4 rings (SSSR count). The molecule has 0 aromatic carbocycles. The third kappa shape index (κ3) is 5.43. The van der Waals surface area contributed by atoms with Gasteiger partial charge in [-0.05, 0) is 68.7 Å². The molecule has 1 aliphatic carbocycles. The number of rotatable bonds is 7. The lowest BCUT2D eigenvalue weighted by atomic mass is 9.65. The molecule has 1 N–H and O–H groups in total. The van der Waals surface area contributed by atoms with Crippen LogP contribution in [-0.4, -0.2) is 90.6 Å². The van der Waals surface area contributed by atoms with Crippen LogP contribution in [0.2, 0.25) is 0 Å². The van der Waals surface area contributed by atoms with Crippen LogP contribution in [0.15, 0.2) is 0 Å². The lowest BCUT2D eigenvalue weighted by molar-refractivity contribution is -0.140. The molecule has 8 heteroatoms. The van der Waals surface area contributed by atoms with Gasteiger partial charge in [0.1, 0.15) is 12.1 Å². The minimum Gasteiger partial charge on any atom is -0.379 e. The average Bonchev–Trinajstić information content (AvgIpc) is 3.07. The van der Waals surface area contributed by atoms with Gasteiger partial charge in [0, 0.05) is 26.2 Å². The first kappa shape index (κ1) is 25.4. The van der Waals surface area contributed by atoms with Crippen molar-refractivity contribution < 1.29 is 19.1 Å². The van der Waals surface area contributed by atoms with Gasteiger partial charge in [0.05, 0.1) is 13.2 Å². The van der Waals surface area contributed by atoms with Crippen LogP contribution in [0.25, 0.3) is 0 Å². The second-order valence-corrected chi connectivity index (χ2v) is 11.6. The van der Waals surface area contributed by atoms with Gasteiger partial charge >= 0.3 is 6.03 Å². The van der Waals surface area contributed by atoms with Gasteiger partial charge in [0.15, 0.2) is 0 Å². The molecule has 0 aromatic heterocycles. The van der Waals surface area contributed by atoms with Crippen LogP contribution in [0.1, 0.15) is 72.1 Å². The molecule has 0 atom stereocenters. The molecule has 0 bridgehead atoms. The van der Waals surface area contributed by atoms with Gasteiger partial charge in [0.2, 0.25) is 5.91 Å². The summed E-state index contributed by atoms with van der Waals surface area (Å²) in [6.07, 6.45) is 7.47. The molecule has 3 heterocycles. The number of nitrogens with one attached hydrogen (secondary N) is 1. The number of urea groups is 1. The fraction of sp³-hybridized carbons (Fsp3) is 0.885. The number of hydrogen-bond acceptors (Lipinski definition) is 5. The first-order valence-corrected chi connectivity index (χ1v) is 13.5. The van der Waals surface area contributed by atoms with E-state index in [2.05, 4.69) is 31.0 Å². The molecule has 3 saturated heterocycles. The van der Waals surface area contributed by atoms with E-state index in [9.17, 15) is 14.4 Å². The molecule has 4 aliphatic rings. The number of carbonyl (C=O) groups excluding carboxylic acids is 3. The second kappa shape index (κ2) is 10.5. The number of hydrogen-bond donors (Lipinski definition) is 1. The first-order valence-electron chi connectivity index (χ1n) is 13.5. The molecule has 1 saturated carbocycles. The van der Waals surface area contributed by atoms with E-state index < -0.39 is 11.6 Å². The van der Waals surface area contributed by atoms with Gasteiger partial charge in [-0.1, -0.05) is 27.2 Å². The number of ether oxygens (including phenoxy) is 1. The van der Waals surface area contributed by atoms with Crippen LogP contribution in [0.3, 0.4) is 0 Å². The van der Waals surface area contributed by atoms with Gasteiger partial charge < -0.3 is 15.0 Å². The molecule has 0 radical (unpaired) electrons. The van der Waals surface area contributed by atoms with Gasteiger partial charge in [-0.15, -0.1) is 0 Å². The van der Waals surface area contributed by atoms with Crippen molar-refractivity contribution >= 4 is 17.8 Å². The van der Waals surface area contributed by atoms with Crippen LogP contribution in [0.5, 0.6) is 0 Å². The summed E-state index contributed by atoms with van der Waals surface area (Å²) in [6.45, 7) is 12.9. The summed E-state index contributed by atoms with van der Waals surface area (Å²) in [6, 6.07) is -0.396. The third-order valence-electron chi connectivity index (χ3n) is 9.32. The number of imide groups is 1. The fourth-order valence-electron chi connectivity index (χ4n) is 6.24. The van der Waals surface area contributed by atoms with Gasteiger partial charge in [0.25, 0.3) is 5.91 Å². The Balaban J connectivity index is 1.23. The van der Waals surface area contributed by atoms with E-state index in [1.165, 1.54) is 4.90 Å². The lowest BCUT2D eigenvalue weighted by Crippen LogP contribution is -2.51. The minimum atomic E-state index is -0.801. The van der Waals surface area contributed by atoms with Gasteiger partial charge in [-0.3, -0.25) is 19.4 Å². The highest BCUT2D eigenvalue weighted by Gasteiger charge is 2.54. The minimum absolute atomic E-state index is 0.104. The molecule has 4 fully saturated rings. The van der Waals surface area contributed by atoms with Crippen molar-refractivity contribution in [2.24, 2.45) is 17.3 Å². The monoisotopic (exact) mass is 476 g/mol. The molecule has 192 valence electrons. The SMILES string of the molecule is CCC(C)(C)C1CCC2(CC1)NC(=O)N(CC(=O)N1CCC(CCN3CCOCC3)CC1)C2=O. The Morgan fingerprint density at radius 1 is 1.06 bits per heavy atom. The number of nitrogens with zero attached hydrogens (tertiary/aromatic N) is 3. The molecule has 8 nitrogen and oxygen atoms in total. The van der Waals surface area contributed by atoms with E-state index in [-0.39, 0.29) is 23.8 Å². The van der Waals surface area contributed by atoms with E-state index in [4.69, 9.17) is 4.74 Å². The largest absolute Gasteiger partial charge is 0.379 e. The summed E-state index contributed by atoms with van der Waals surface area (Å²) in [7, 11) is 0. The number of piperidine rings is 1. The molecule has 3 aliphatic heterocycles. The predicted molar refractivity (Wildman–Crippen MR) is 130 cm³/mol. The van der Waals surface area contributed by atoms with E-state index in [1.807, 2.05) is 4.90 Å². The number of carbonyl (C=O) groups is 3. The maximum atomic E-state index is 13.3. The zero-order valence-electron chi connectivity index (χ0n) is 21.4. The Morgan fingerprint density at radius 3 is 2.32 bits per heavy atom. The molecule has 34 heavy (non-hydrogen) atoms. The van der Waals surface area contributed by atoms with E-state index in [0.29, 0.717) is 24.7 Å². The van der Waals surface area contributed by atoms with Crippen LogP contribution in [-0.2, 0) is 14.3 Å². The smallest absolute Gasteiger partial charge is 0.325 e. The predicted octanol–water partition coefficient (Wildman–Crippen LogP) is 2.86. The van der Waals surface area contributed by atoms with Crippen molar-refractivity contribution in [2.75, 3.05) is 52.5 Å². The van der Waals surface area contributed by atoms with Crippen LogP contribution < -0.4 is 5.32 Å². The molecule has 0 aromatic rings. The Morgan fingerprint density at radius 2 is 1.71 bits per heavy atom. The van der Waals surface area contributed by atoms with Gasteiger partial charge in [-0.25, -0.2) is 4.79 Å². The molecule has 0 unspecified atom stereocenters. The first-order chi connectivity index (χ1) is 16.2. The summed E-state index contributed by atoms with van der Waals surface area (Å²) >= 11 is 0. The van der Waals surface area contributed by atoms with Crippen LogP contribution in [0, 0.1) is 17.3 Å². The molecule has 1 spiro atoms. The molecular formula is C26H44N4O4. The fourth-order valence-corrected chi connectivity index (χ4v) is 6.24. The number of morpholine rings is 1. The third-order valence-corrected chi connectivity index (χ3v) is 9.32. The summed E-state index contributed by atoms with van der Waals surface area (Å²) in [5, 5.41) is 2.98. The Labute approximate surface area is 204 Å². The second-order valence-electron chi connectivity index (χ2n) is 11.6. The normalized spacial score (nSPS) is 29.7. The van der Waals surface area contributed by atoms with Crippen molar-refractivity contribution in [3.63, 3.8) is 0 Å². The Kier molecular flexibility index (Phi) is 7.87. The zero-order valence-corrected chi connectivity index (χ0v) is 21.4. The topological polar surface area (TPSA) is 82.2 Å². The van der Waals surface area contributed by atoms with Crippen molar-refractivity contribution in [3.05, 3.63) is 0 Å². The Bertz CT molecular complexity index is 748. The van der Waals surface area contributed by atoms with E-state index >= 15 is 0 Å². The highest BCUT2D eigenvalue weighted by molar-refractivity contribution is 6.09. The van der Waals surface area contributed by atoms with Crippen LogP contribution in [0.4, 0.5) is 4.79 Å². The van der Waals surface area contributed by atoms with Crippen molar-refractivity contribution in [3.8, 4) is 0 Å². The Hall–Kier alpha value is -1.67. The summed E-state index contributed by atoms with van der Waals surface area (Å²) in [4.78, 5) is 44.5. The number of amides is 4. The van der Waals surface area contributed by atoms with E-state index in [0.717, 1.165) is 84.5 Å². The van der Waals surface area contributed by atoms with Crippen molar-refractivity contribution in [1.82, 2.24) is 20.0 Å². The highest BCUT2D eigenvalue weighted by Crippen LogP contribution is 2.45. The summed E-state index contributed by atoms with van der Waals surface area (Å²) in [5.41, 5.74) is -0.554. The standard InChI is InChI=1S/C26H44N4O4/c1-4-25(2,3)21-5-10-26(11-6-21)23(32)30(24(33)27-26)19-22(31)29-13-8-20(9-14-29)7-12-28-15-17-34-18-16-28/h20-21H,4-19H2,1-3H3,(H,27,33). The summed E-state index contributed by atoms with van der Waals surface area (Å²) in [5.74, 6) is 0.898. The zero-order chi connectivity index (χ0) is 24.3. The van der Waals surface area contributed by atoms with Gasteiger partial charge in [-0.2, -0.15) is 0 Å². The quantitative estimate of drug-likeness (QED) is 0.572. The molecule has 4 amide bonds. The van der Waals surface area contributed by atoms with Crippen molar-refractivity contribution in [1.29, 1.82) is 0 Å². The van der Waals surface area contributed by atoms with Crippen LogP contribution >= 0.6 is 0 Å². The average molecular weight is 477 g/mol. The highest BCUT2D eigenvalue weighted by atomic mass is 16.5. The lowest BCUT2D eigenvalue weighted by Gasteiger charge is -2.42. The van der Waals surface area contributed by atoms with Crippen molar-refractivity contribution in [2.45, 2.75) is 77.7 Å². The maximum absolute atomic E-state index is 13.3. The molecular weight excluding hydrogens is 432 g/mol.